The van der Waals surface area contributed by atoms with E-state index >= 15 is 0 Å². The zero-order valence-corrected chi connectivity index (χ0v) is 6.29. The topological polar surface area (TPSA) is 51.0 Å². The van der Waals surface area contributed by atoms with Crippen LogP contribution in [-0.2, 0) is 6.42 Å². The molecule has 60 valence electrons. The molecule has 0 amide bonds. The Morgan fingerprint density at radius 2 is 2.64 bits per heavy atom. The molecule has 11 heavy (non-hydrogen) atoms. The summed E-state index contributed by atoms with van der Waals surface area (Å²) in [5, 5.41) is 6.80. The third-order valence-corrected chi connectivity index (χ3v) is 1.22. The van der Waals surface area contributed by atoms with Gasteiger partial charge in [-0.3, -0.25) is 0 Å². The summed E-state index contributed by atoms with van der Waals surface area (Å²) in [5.41, 5.74) is 0. The number of hydrogen-bond acceptors (Lipinski definition) is 4. The fourth-order valence-corrected chi connectivity index (χ4v) is 0.707. The second kappa shape index (κ2) is 4.62. The number of rotatable bonds is 5. The molecule has 0 aliphatic heterocycles. The third kappa shape index (κ3) is 2.95. The molecule has 4 heteroatoms. The fourth-order valence-electron chi connectivity index (χ4n) is 0.707. The lowest BCUT2D eigenvalue weighted by Gasteiger charge is -1.95. The van der Waals surface area contributed by atoms with Gasteiger partial charge in [-0.15, -0.1) is 6.58 Å². The number of hydrogen-bond donors (Lipinski definition) is 1. The molecule has 0 spiro atoms. The second-order valence-corrected chi connectivity index (χ2v) is 2.09. The van der Waals surface area contributed by atoms with Crippen molar-refractivity contribution in [3.8, 4) is 0 Å². The van der Waals surface area contributed by atoms with Crippen molar-refractivity contribution < 1.29 is 4.52 Å². The molecule has 1 rings (SSSR count). The highest BCUT2D eigenvalue weighted by atomic mass is 16.5. The zero-order chi connectivity index (χ0) is 7.94. The van der Waals surface area contributed by atoms with Gasteiger partial charge in [0.25, 0.3) is 0 Å². The lowest BCUT2D eigenvalue weighted by Crippen LogP contribution is -2.17. The summed E-state index contributed by atoms with van der Waals surface area (Å²) in [6.45, 7) is 5.25. The van der Waals surface area contributed by atoms with Gasteiger partial charge < -0.3 is 9.84 Å². The molecule has 0 saturated carbocycles. The van der Waals surface area contributed by atoms with Crippen LogP contribution in [0.3, 0.4) is 0 Å². The van der Waals surface area contributed by atoms with Crippen LogP contribution in [0, 0.1) is 0 Å². The normalized spacial score (nSPS) is 9.82. The minimum atomic E-state index is 0.738. The van der Waals surface area contributed by atoms with Crippen LogP contribution < -0.4 is 5.32 Å². The highest BCUT2D eigenvalue weighted by Gasteiger charge is 1.95. The van der Waals surface area contributed by atoms with E-state index in [1.54, 1.807) is 0 Å². The molecule has 0 aliphatic rings. The molecule has 0 aromatic carbocycles. The lowest BCUT2D eigenvalue weighted by atomic mass is 10.4. The first-order chi connectivity index (χ1) is 5.43. The van der Waals surface area contributed by atoms with Crippen molar-refractivity contribution in [3.63, 3.8) is 0 Å². The second-order valence-electron chi connectivity index (χ2n) is 2.09. The quantitative estimate of drug-likeness (QED) is 0.491. The van der Waals surface area contributed by atoms with Gasteiger partial charge in [0.2, 0.25) is 6.39 Å². The van der Waals surface area contributed by atoms with Gasteiger partial charge in [0.1, 0.15) is 0 Å². The van der Waals surface area contributed by atoms with Crippen LogP contribution in [0.4, 0.5) is 0 Å². The Bertz CT molecular complexity index is 195. The highest BCUT2D eigenvalue weighted by Crippen LogP contribution is 1.87. The molecule has 0 aliphatic carbocycles. The van der Waals surface area contributed by atoms with E-state index in [9.17, 15) is 0 Å². The summed E-state index contributed by atoms with van der Waals surface area (Å²) in [5.74, 6) is 0.738. The van der Waals surface area contributed by atoms with Gasteiger partial charge in [-0.1, -0.05) is 11.2 Å². The highest BCUT2D eigenvalue weighted by molar-refractivity contribution is 4.79. The summed E-state index contributed by atoms with van der Waals surface area (Å²) >= 11 is 0. The maximum Gasteiger partial charge on any atom is 0.213 e. The smallest absolute Gasteiger partial charge is 0.213 e. The molecular weight excluding hydrogens is 142 g/mol. The summed E-state index contributed by atoms with van der Waals surface area (Å²) in [6.07, 6.45) is 3.95. The van der Waals surface area contributed by atoms with Crippen LogP contribution in [-0.4, -0.2) is 23.2 Å². The molecule has 1 aromatic heterocycles. The van der Waals surface area contributed by atoms with Crippen LogP contribution >= 0.6 is 0 Å². The van der Waals surface area contributed by atoms with Gasteiger partial charge in [0.15, 0.2) is 5.82 Å². The Kier molecular flexibility index (Phi) is 3.34. The van der Waals surface area contributed by atoms with Crippen LogP contribution in [0.15, 0.2) is 23.6 Å². The predicted molar refractivity (Wildman–Crippen MR) is 41.1 cm³/mol. The molecule has 0 bridgehead atoms. The molecule has 0 fully saturated rings. The zero-order valence-electron chi connectivity index (χ0n) is 6.29. The van der Waals surface area contributed by atoms with Gasteiger partial charge >= 0.3 is 0 Å². The van der Waals surface area contributed by atoms with Crippen molar-refractivity contribution in [3.05, 3.63) is 24.9 Å². The van der Waals surface area contributed by atoms with Crippen molar-refractivity contribution in [2.75, 3.05) is 13.1 Å². The first kappa shape index (κ1) is 7.94. The first-order valence-electron chi connectivity index (χ1n) is 3.50. The standard InChI is InChI=1S/C7H11N3O/c1-2-4-8-5-3-7-9-6-11-10-7/h2,6,8H,1,3-5H2. The molecule has 0 radical (unpaired) electrons. The average Bonchev–Trinajstić information content (AvgIpc) is 2.50. The van der Waals surface area contributed by atoms with E-state index in [2.05, 4.69) is 26.6 Å². The molecule has 0 atom stereocenters. The van der Waals surface area contributed by atoms with E-state index in [0.717, 1.165) is 25.3 Å². The molecule has 0 unspecified atom stereocenters. The van der Waals surface area contributed by atoms with E-state index in [0.29, 0.717) is 0 Å². The minimum Gasteiger partial charge on any atom is -0.343 e. The molecule has 1 N–H and O–H groups in total. The third-order valence-electron chi connectivity index (χ3n) is 1.22. The Morgan fingerprint density at radius 3 is 3.27 bits per heavy atom. The largest absolute Gasteiger partial charge is 0.343 e. The molecule has 1 aromatic rings. The van der Waals surface area contributed by atoms with Crippen molar-refractivity contribution in [1.82, 2.24) is 15.5 Å². The Morgan fingerprint density at radius 1 is 1.73 bits per heavy atom. The Balaban J connectivity index is 2.09. The Labute approximate surface area is 65.3 Å². The maximum absolute atomic E-state index is 4.56. The van der Waals surface area contributed by atoms with Crippen molar-refractivity contribution >= 4 is 0 Å². The van der Waals surface area contributed by atoms with E-state index < -0.39 is 0 Å². The first-order valence-corrected chi connectivity index (χ1v) is 3.50. The maximum atomic E-state index is 4.56. The summed E-state index contributed by atoms with van der Waals surface area (Å²) in [7, 11) is 0. The van der Waals surface area contributed by atoms with Crippen molar-refractivity contribution in [1.29, 1.82) is 0 Å². The van der Waals surface area contributed by atoms with Gasteiger partial charge in [0, 0.05) is 19.5 Å². The van der Waals surface area contributed by atoms with Crippen molar-refractivity contribution in [2.45, 2.75) is 6.42 Å². The average molecular weight is 153 g/mol. The summed E-state index contributed by atoms with van der Waals surface area (Å²) < 4.78 is 4.56. The SMILES string of the molecule is C=CCNCCc1ncon1. The lowest BCUT2D eigenvalue weighted by molar-refractivity contribution is 0.409. The molecule has 4 nitrogen and oxygen atoms in total. The van der Waals surface area contributed by atoms with Crippen LogP contribution in [0.2, 0.25) is 0 Å². The fraction of sp³-hybridized carbons (Fsp3) is 0.429. The summed E-state index contributed by atoms with van der Waals surface area (Å²) in [4.78, 5) is 3.87. The van der Waals surface area contributed by atoms with Crippen molar-refractivity contribution in [2.24, 2.45) is 0 Å². The van der Waals surface area contributed by atoms with Crippen LogP contribution in [0.25, 0.3) is 0 Å². The predicted octanol–water partition coefficient (Wildman–Crippen LogP) is 0.388. The van der Waals surface area contributed by atoms with Gasteiger partial charge in [-0.05, 0) is 0 Å². The molecule has 1 heterocycles. The van der Waals surface area contributed by atoms with Crippen LogP contribution in [0.5, 0.6) is 0 Å². The molecule has 0 saturated heterocycles. The Hall–Kier alpha value is -1.16. The number of nitrogens with one attached hydrogen (secondary N) is 1. The van der Waals surface area contributed by atoms with Crippen LogP contribution in [0.1, 0.15) is 5.82 Å². The van der Waals surface area contributed by atoms with E-state index in [1.165, 1.54) is 6.39 Å². The summed E-state index contributed by atoms with van der Waals surface area (Å²) in [6, 6.07) is 0. The van der Waals surface area contributed by atoms with Gasteiger partial charge in [-0.2, -0.15) is 4.98 Å². The molecular formula is C7H11N3O. The minimum absolute atomic E-state index is 0.738. The number of aromatic nitrogens is 2. The van der Waals surface area contributed by atoms with E-state index in [4.69, 9.17) is 0 Å². The monoisotopic (exact) mass is 153 g/mol. The van der Waals surface area contributed by atoms with Gasteiger partial charge in [-0.25, -0.2) is 0 Å². The van der Waals surface area contributed by atoms with E-state index in [-0.39, 0.29) is 0 Å². The number of nitrogens with zero attached hydrogens (tertiary/aromatic N) is 2. The van der Waals surface area contributed by atoms with E-state index in [1.807, 2.05) is 6.08 Å². The van der Waals surface area contributed by atoms with Gasteiger partial charge in [0.05, 0.1) is 0 Å².